The van der Waals surface area contributed by atoms with E-state index in [1.807, 2.05) is 6.92 Å². The van der Waals surface area contributed by atoms with Gasteiger partial charge in [-0.3, -0.25) is 0 Å². The van der Waals surface area contributed by atoms with Crippen molar-refractivity contribution in [1.82, 2.24) is 19.5 Å². The summed E-state index contributed by atoms with van der Waals surface area (Å²) in [5.41, 5.74) is 1.44. The third kappa shape index (κ3) is 2.03. The zero-order valence-corrected chi connectivity index (χ0v) is 12.5. The Kier molecular flexibility index (Phi) is 3.52. The lowest BCUT2D eigenvalue weighted by Crippen LogP contribution is -2.33. The molecule has 0 aliphatic heterocycles. The first-order valence-corrected chi connectivity index (χ1v) is 7.03. The van der Waals surface area contributed by atoms with E-state index in [2.05, 4.69) is 19.5 Å². The molecule has 1 saturated carbocycles. The van der Waals surface area contributed by atoms with E-state index < -0.39 is 0 Å². The fraction of sp³-hybridized carbons (Fsp3) is 0.615. The molecular weight excluding hydrogens is 280 g/mol. The van der Waals surface area contributed by atoms with E-state index in [-0.39, 0.29) is 5.38 Å². The van der Waals surface area contributed by atoms with Crippen molar-refractivity contribution in [2.45, 2.75) is 37.3 Å². The maximum absolute atomic E-state index is 6.27. The second-order valence-electron chi connectivity index (χ2n) is 4.99. The van der Waals surface area contributed by atoms with Gasteiger partial charge in [0.25, 0.3) is 0 Å². The van der Waals surface area contributed by atoms with Gasteiger partial charge in [-0.1, -0.05) is 0 Å². The van der Waals surface area contributed by atoms with Gasteiger partial charge in [0, 0.05) is 13.2 Å². The number of nitrogens with zero attached hydrogens (tertiary/aromatic N) is 4. The van der Waals surface area contributed by atoms with Crippen molar-refractivity contribution in [3.8, 4) is 5.88 Å². The van der Waals surface area contributed by atoms with Gasteiger partial charge in [-0.05, 0) is 19.8 Å². The van der Waals surface area contributed by atoms with Crippen LogP contribution in [0.5, 0.6) is 5.88 Å². The van der Waals surface area contributed by atoms with Gasteiger partial charge in [0.05, 0.1) is 18.6 Å². The summed E-state index contributed by atoms with van der Waals surface area (Å²) in [5.74, 6) is 1.29. The summed E-state index contributed by atoms with van der Waals surface area (Å²) in [6, 6.07) is 0.320. The number of hydrogen-bond donors (Lipinski definition) is 0. The first-order chi connectivity index (χ1) is 9.65. The molecule has 0 amide bonds. The highest BCUT2D eigenvalue weighted by atomic mass is 35.5. The molecule has 0 N–H and O–H groups in total. The maximum atomic E-state index is 6.27. The Morgan fingerprint density at radius 3 is 2.70 bits per heavy atom. The smallest absolute Gasteiger partial charge is 0.245 e. The van der Waals surface area contributed by atoms with Crippen LogP contribution >= 0.6 is 11.6 Å². The van der Waals surface area contributed by atoms with Gasteiger partial charge in [-0.25, -0.2) is 9.97 Å². The average Bonchev–Trinajstić information content (AvgIpc) is 2.77. The van der Waals surface area contributed by atoms with E-state index in [4.69, 9.17) is 21.1 Å². The molecule has 2 aromatic heterocycles. The van der Waals surface area contributed by atoms with Crippen molar-refractivity contribution in [3.63, 3.8) is 0 Å². The molecule has 0 spiro atoms. The van der Waals surface area contributed by atoms with E-state index in [1.165, 1.54) is 6.33 Å². The minimum absolute atomic E-state index is 0.199. The van der Waals surface area contributed by atoms with Gasteiger partial charge in [0.1, 0.15) is 12.2 Å². The van der Waals surface area contributed by atoms with Crippen LogP contribution in [0.4, 0.5) is 0 Å². The van der Waals surface area contributed by atoms with E-state index in [0.29, 0.717) is 23.5 Å². The van der Waals surface area contributed by atoms with Crippen LogP contribution in [0.25, 0.3) is 11.2 Å². The first kappa shape index (κ1) is 13.6. The number of aromatic nitrogens is 4. The molecule has 1 fully saturated rings. The van der Waals surface area contributed by atoms with Crippen molar-refractivity contribution >= 4 is 22.8 Å². The quantitative estimate of drug-likeness (QED) is 0.811. The van der Waals surface area contributed by atoms with Crippen LogP contribution in [0.3, 0.4) is 0 Å². The summed E-state index contributed by atoms with van der Waals surface area (Å²) in [5, 5.41) is -0.199. The van der Waals surface area contributed by atoms with Gasteiger partial charge in [-0.2, -0.15) is 4.98 Å². The molecule has 20 heavy (non-hydrogen) atoms. The van der Waals surface area contributed by atoms with Crippen LogP contribution in [0, 0.1) is 0 Å². The summed E-state index contributed by atoms with van der Waals surface area (Å²) in [6.45, 7) is 1.91. The second-order valence-corrected chi connectivity index (χ2v) is 5.65. The van der Waals surface area contributed by atoms with Crippen molar-refractivity contribution in [3.05, 3.63) is 12.2 Å². The molecule has 1 aliphatic carbocycles. The van der Waals surface area contributed by atoms with Crippen molar-refractivity contribution in [1.29, 1.82) is 0 Å². The van der Waals surface area contributed by atoms with Crippen molar-refractivity contribution in [2.24, 2.45) is 0 Å². The largest absolute Gasteiger partial charge is 0.479 e. The van der Waals surface area contributed by atoms with E-state index in [9.17, 15) is 0 Å². The molecule has 1 unspecified atom stereocenters. The topological polar surface area (TPSA) is 62.1 Å². The van der Waals surface area contributed by atoms with Gasteiger partial charge < -0.3 is 14.0 Å². The maximum Gasteiger partial charge on any atom is 0.245 e. The Morgan fingerprint density at radius 1 is 1.35 bits per heavy atom. The molecular formula is C13H17ClN4O2. The molecule has 1 atom stereocenters. The minimum Gasteiger partial charge on any atom is -0.479 e. The van der Waals surface area contributed by atoms with E-state index in [0.717, 1.165) is 24.3 Å². The lowest BCUT2D eigenvalue weighted by Gasteiger charge is -2.36. The molecule has 7 heteroatoms. The highest BCUT2D eigenvalue weighted by Gasteiger charge is 2.34. The zero-order chi connectivity index (χ0) is 14.3. The highest BCUT2D eigenvalue weighted by Crippen LogP contribution is 2.39. The Bertz CT molecular complexity index is 622. The summed E-state index contributed by atoms with van der Waals surface area (Å²) in [4.78, 5) is 13.0. The second kappa shape index (κ2) is 5.18. The third-order valence-corrected chi connectivity index (χ3v) is 3.98. The van der Waals surface area contributed by atoms with Crippen LogP contribution in [0.1, 0.15) is 37.0 Å². The summed E-state index contributed by atoms with van der Waals surface area (Å²) in [7, 11) is 3.32. The SMILES string of the molecule is COc1ncnc2c1nc(C(C)Cl)n2C1CC(OC)C1. The van der Waals surface area contributed by atoms with Crippen LogP contribution in [-0.4, -0.2) is 39.8 Å². The molecule has 0 aromatic carbocycles. The summed E-state index contributed by atoms with van der Waals surface area (Å²) in [6.07, 6.45) is 3.70. The molecule has 1 aliphatic rings. The molecule has 0 radical (unpaired) electrons. The number of alkyl halides is 1. The monoisotopic (exact) mass is 296 g/mol. The predicted molar refractivity (Wildman–Crippen MR) is 75.2 cm³/mol. The molecule has 3 rings (SSSR count). The van der Waals surface area contributed by atoms with Gasteiger partial charge in [0.2, 0.25) is 5.88 Å². The Morgan fingerprint density at radius 2 is 2.10 bits per heavy atom. The predicted octanol–water partition coefficient (Wildman–Crippen LogP) is 2.48. The molecule has 0 saturated heterocycles. The molecule has 108 valence electrons. The van der Waals surface area contributed by atoms with Crippen LogP contribution in [-0.2, 0) is 4.74 Å². The van der Waals surface area contributed by atoms with Crippen molar-refractivity contribution < 1.29 is 9.47 Å². The molecule has 6 nitrogen and oxygen atoms in total. The molecule has 0 bridgehead atoms. The summed E-state index contributed by atoms with van der Waals surface area (Å²) < 4.78 is 12.7. The first-order valence-electron chi connectivity index (χ1n) is 6.59. The normalized spacial score (nSPS) is 23.6. The zero-order valence-electron chi connectivity index (χ0n) is 11.7. The Labute approximate surface area is 122 Å². The molecule has 2 aromatic rings. The number of hydrogen-bond acceptors (Lipinski definition) is 5. The number of fused-ring (bicyclic) bond motifs is 1. The Hall–Kier alpha value is -1.40. The van der Waals surface area contributed by atoms with Gasteiger partial charge in [0.15, 0.2) is 11.2 Å². The lowest BCUT2D eigenvalue weighted by atomic mass is 9.89. The van der Waals surface area contributed by atoms with Crippen LogP contribution in [0.2, 0.25) is 0 Å². The highest BCUT2D eigenvalue weighted by molar-refractivity contribution is 6.20. The lowest BCUT2D eigenvalue weighted by molar-refractivity contribution is 0.00643. The minimum atomic E-state index is -0.199. The van der Waals surface area contributed by atoms with Gasteiger partial charge in [-0.15, -0.1) is 11.6 Å². The number of ether oxygens (including phenoxy) is 2. The fourth-order valence-electron chi connectivity index (χ4n) is 2.64. The molecule has 2 heterocycles. The standard InChI is InChI=1S/C13H17ClN4O2/c1-7(14)11-17-10-12(15-6-16-13(10)20-3)18(11)8-4-9(5-8)19-2/h6-9H,4-5H2,1-3H3. The number of methoxy groups -OCH3 is 2. The number of rotatable bonds is 4. The summed E-state index contributed by atoms with van der Waals surface area (Å²) >= 11 is 6.27. The van der Waals surface area contributed by atoms with E-state index >= 15 is 0 Å². The fourth-order valence-corrected chi connectivity index (χ4v) is 2.79. The van der Waals surface area contributed by atoms with Gasteiger partial charge >= 0.3 is 0 Å². The van der Waals surface area contributed by atoms with E-state index in [1.54, 1.807) is 14.2 Å². The average molecular weight is 297 g/mol. The van der Waals surface area contributed by atoms with Crippen molar-refractivity contribution in [2.75, 3.05) is 14.2 Å². The van der Waals surface area contributed by atoms with Crippen LogP contribution < -0.4 is 4.74 Å². The number of halogens is 1. The number of imidazole rings is 1. The van der Waals surface area contributed by atoms with Crippen LogP contribution in [0.15, 0.2) is 6.33 Å². The third-order valence-electron chi connectivity index (χ3n) is 3.79. The Balaban J connectivity index is 2.11.